The van der Waals surface area contributed by atoms with Crippen molar-refractivity contribution in [3.05, 3.63) is 23.9 Å². The molecule has 9 nitrogen and oxygen atoms in total. The van der Waals surface area contributed by atoms with E-state index in [4.69, 9.17) is 25.4 Å². The van der Waals surface area contributed by atoms with Crippen LogP contribution in [0.4, 0.5) is 0 Å². The van der Waals surface area contributed by atoms with Crippen molar-refractivity contribution in [3.8, 4) is 0 Å². The van der Waals surface area contributed by atoms with Crippen LogP contribution in [0.2, 0.25) is 0 Å². The van der Waals surface area contributed by atoms with E-state index in [1.54, 1.807) is 18.4 Å². The number of aliphatic hydroxyl groups excluding tert-OH is 1. The predicted molar refractivity (Wildman–Crippen MR) is 80.2 cm³/mol. The maximum Gasteiger partial charge on any atom is 0.333 e. The quantitative estimate of drug-likeness (QED) is 0.507. The Hall–Kier alpha value is -2.39. The first-order valence-corrected chi connectivity index (χ1v) is 7.51. The van der Waals surface area contributed by atoms with Crippen molar-refractivity contribution in [1.82, 2.24) is 4.90 Å². The van der Waals surface area contributed by atoms with Crippen LogP contribution in [0.1, 0.15) is 19.3 Å². The van der Waals surface area contributed by atoms with Gasteiger partial charge in [-0.15, -0.1) is 0 Å². The zero-order chi connectivity index (χ0) is 17.7. The highest BCUT2D eigenvalue weighted by atomic mass is 16.6. The van der Waals surface area contributed by atoms with Gasteiger partial charge < -0.3 is 30.3 Å². The fraction of sp³-hybridized carbons (Fsp3) is 0.533. The van der Waals surface area contributed by atoms with Crippen LogP contribution in [0.3, 0.4) is 0 Å². The summed E-state index contributed by atoms with van der Waals surface area (Å²) in [6, 6.07) is 0. The van der Waals surface area contributed by atoms with Crippen LogP contribution >= 0.6 is 0 Å². The molecule has 4 N–H and O–H groups in total. The minimum Gasteiger partial charge on any atom is -0.479 e. The van der Waals surface area contributed by atoms with Crippen molar-refractivity contribution in [2.75, 3.05) is 13.2 Å². The average Bonchev–Trinajstić information content (AvgIpc) is 3.02. The lowest BCUT2D eigenvalue weighted by molar-refractivity contribution is -0.158. The van der Waals surface area contributed by atoms with Gasteiger partial charge in [0.25, 0.3) is 0 Å². The Balaban J connectivity index is 1.75. The number of ether oxygens (including phenoxy) is 2. The van der Waals surface area contributed by atoms with Crippen LogP contribution in [0.5, 0.6) is 0 Å². The Morgan fingerprint density at radius 2 is 2.17 bits per heavy atom. The molecule has 0 aromatic rings. The molecule has 2 aliphatic heterocycles. The maximum atomic E-state index is 11.4. The molecule has 2 rings (SSSR count). The molecule has 0 spiro atoms. The zero-order valence-corrected chi connectivity index (χ0v) is 13.0. The number of hydrogen-bond acceptors (Lipinski definition) is 7. The van der Waals surface area contributed by atoms with E-state index in [0.717, 1.165) is 0 Å². The molecule has 24 heavy (non-hydrogen) atoms. The van der Waals surface area contributed by atoms with Crippen LogP contribution in [0.25, 0.3) is 0 Å². The third kappa shape index (κ3) is 4.80. The summed E-state index contributed by atoms with van der Waals surface area (Å²) in [6.45, 7) is 0.339. The smallest absolute Gasteiger partial charge is 0.333 e. The molecule has 3 atom stereocenters. The minimum atomic E-state index is -1.77. The van der Waals surface area contributed by atoms with Crippen LogP contribution in [-0.2, 0) is 23.9 Å². The van der Waals surface area contributed by atoms with E-state index in [9.17, 15) is 14.4 Å². The zero-order valence-electron chi connectivity index (χ0n) is 13.0. The van der Waals surface area contributed by atoms with Crippen molar-refractivity contribution >= 4 is 17.8 Å². The number of nitrogens with two attached hydrogens (primary N) is 1. The second-order valence-corrected chi connectivity index (χ2v) is 5.60. The number of carbonyl (C=O) groups excluding carboxylic acids is 2. The lowest BCUT2D eigenvalue weighted by Crippen LogP contribution is -2.36. The van der Waals surface area contributed by atoms with E-state index < -0.39 is 30.4 Å². The van der Waals surface area contributed by atoms with E-state index in [-0.39, 0.29) is 18.9 Å². The largest absolute Gasteiger partial charge is 0.479 e. The Bertz CT molecular complexity index is 572. The van der Waals surface area contributed by atoms with Crippen LogP contribution in [-0.4, -0.2) is 64.5 Å². The van der Waals surface area contributed by atoms with Crippen molar-refractivity contribution in [1.29, 1.82) is 0 Å². The fourth-order valence-corrected chi connectivity index (χ4v) is 2.47. The molecule has 2 aliphatic rings. The summed E-state index contributed by atoms with van der Waals surface area (Å²) in [5, 5.41) is 17.6. The molecule has 132 valence electrons. The molecular formula is C15H20N2O7. The normalized spacial score (nSPS) is 24.4. The summed E-state index contributed by atoms with van der Waals surface area (Å²) < 4.78 is 10.7. The van der Waals surface area contributed by atoms with Gasteiger partial charge in [-0.25, -0.2) is 4.79 Å². The monoisotopic (exact) mass is 340 g/mol. The van der Waals surface area contributed by atoms with Gasteiger partial charge in [-0.2, -0.15) is 0 Å². The maximum absolute atomic E-state index is 11.4. The number of primary amides is 1. The third-order valence-corrected chi connectivity index (χ3v) is 3.77. The Morgan fingerprint density at radius 3 is 2.83 bits per heavy atom. The van der Waals surface area contributed by atoms with Gasteiger partial charge in [0.05, 0.1) is 19.1 Å². The number of rotatable bonds is 7. The molecule has 1 amide bonds. The number of nitrogens with zero attached hydrogens (tertiary/aromatic N) is 1. The van der Waals surface area contributed by atoms with Gasteiger partial charge in [0.15, 0.2) is 6.10 Å². The third-order valence-electron chi connectivity index (χ3n) is 3.77. The highest BCUT2D eigenvalue weighted by Crippen LogP contribution is 2.25. The van der Waals surface area contributed by atoms with Crippen molar-refractivity contribution < 1.29 is 34.1 Å². The second kappa shape index (κ2) is 7.93. The molecule has 1 saturated heterocycles. The van der Waals surface area contributed by atoms with Crippen molar-refractivity contribution in [3.63, 3.8) is 0 Å². The highest BCUT2D eigenvalue weighted by Gasteiger charge is 2.31. The topological polar surface area (TPSA) is 139 Å². The Kier molecular flexibility index (Phi) is 5.93. The molecule has 0 aromatic carbocycles. The van der Waals surface area contributed by atoms with Crippen molar-refractivity contribution in [2.45, 2.75) is 37.7 Å². The summed E-state index contributed by atoms with van der Waals surface area (Å²) in [4.78, 5) is 35.0. The highest BCUT2D eigenvalue weighted by molar-refractivity contribution is 5.92. The number of esters is 1. The first-order chi connectivity index (χ1) is 11.4. The summed E-state index contributed by atoms with van der Waals surface area (Å²) in [7, 11) is 0. The Labute approximate surface area is 138 Å². The molecule has 2 heterocycles. The lowest BCUT2D eigenvalue weighted by Gasteiger charge is -2.29. The van der Waals surface area contributed by atoms with Crippen molar-refractivity contribution in [2.24, 2.45) is 5.73 Å². The van der Waals surface area contributed by atoms with Gasteiger partial charge in [-0.3, -0.25) is 9.59 Å². The van der Waals surface area contributed by atoms with Gasteiger partial charge in [-0.1, -0.05) is 6.08 Å². The number of amides is 1. The molecule has 0 aromatic heterocycles. The van der Waals surface area contributed by atoms with Crippen LogP contribution < -0.4 is 5.73 Å². The first-order valence-electron chi connectivity index (χ1n) is 7.51. The fourth-order valence-electron chi connectivity index (χ4n) is 2.47. The average molecular weight is 340 g/mol. The predicted octanol–water partition coefficient (Wildman–Crippen LogP) is -0.889. The Morgan fingerprint density at radius 1 is 1.42 bits per heavy atom. The van der Waals surface area contributed by atoms with Crippen LogP contribution in [0, 0.1) is 0 Å². The molecule has 0 saturated carbocycles. The minimum absolute atomic E-state index is 0.0161. The summed E-state index contributed by atoms with van der Waals surface area (Å²) in [6.07, 6.45) is 3.56. The molecule has 0 radical (unpaired) electrons. The first kappa shape index (κ1) is 18.0. The number of carboxylic acid groups (broad SMARTS) is 1. The number of carbonyl (C=O) groups is 3. The molecule has 0 bridgehead atoms. The lowest BCUT2D eigenvalue weighted by atomic mass is 10.1. The summed E-state index contributed by atoms with van der Waals surface area (Å²) in [5.41, 5.74) is 5.75. The SMILES string of the molecule is NC(=O)C1=CC=CN([C@H]2CC[C@@H](COC(=O)C[C@H](O)C(=O)O)O2)C1. The molecule has 9 heteroatoms. The number of hydrogen-bond donors (Lipinski definition) is 3. The number of aliphatic hydroxyl groups is 1. The second-order valence-electron chi connectivity index (χ2n) is 5.60. The summed E-state index contributed by atoms with van der Waals surface area (Å²) in [5.74, 6) is -2.75. The number of aliphatic carboxylic acids is 1. The molecule has 0 unspecified atom stereocenters. The van der Waals surface area contributed by atoms with E-state index in [0.29, 0.717) is 25.0 Å². The van der Waals surface area contributed by atoms with E-state index in [1.165, 1.54) is 0 Å². The molecule has 1 fully saturated rings. The van der Waals surface area contributed by atoms with Gasteiger partial charge in [0.1, 0.15) is 12.8 Å². The summed E-state index contributed by atoms with van der Waals surface area (Å²) >= 11 is 0. The number of allylic oxidation sites excluding steroid dienone is 2. The number of carboxylic acids is 1. The van der Waals surface area contributed by atoms with Gasteiger partial charge in [0.2, 0.25) is 5.91 Å². The van der Waals surface area contributed by atoms with E-state index in [1.807, 2.05) is 4.90 Å². The van der Waals surface area contributed by atoms with Gasteiger partial charge in [0, 0.05) is 11.8 Å². The van der Waals surface area contributed by atoms with Crippen LogP contribution in [0.15, 0.2) is 23.9 Å². The van der Waals surface area contributed by atoms with Gasteiger partial charge >= 0.3 is 11.9 Å². The van der Waals surface area contributed by atoms with Gasteiger partial charge in [-0.05, 0) is 18.9 Å². The molecular weight excluding hydrogens is 320 g/mol. The molecule has 0 aliphatic carbocycles. The van der Waals surface area contributed by atoms with E-state index in [2.05, 4.69) is 0 Å². The van der Waals surface area contributed by atoms with E-state index >= 15 is 0 Å². The standard InChI is InChI=1S/C15H20N2O7/c16-14(20)9-2-1-5-17(7-9)12-4-3-10(24-12)8-23-13(19)6-11(18)15(21)22/h1-2,5,10-12,18H,3-4,6-8H2,(H2,16,20)(H,21,22)/t10-,11-,12+/m0/s1.